The Kier molecular flexibility index (Phi) is 4.78. The molecule has 1 N–H and O–H groups in total. The number of piperazine rings is 1. The summed E-state index contributed by atoms with van der Waals surface area (Å²) in [5.74, 6) is -1.13. The number of para-hydroxylation sites is 1. The van der Waals surface area contributed by atoms with Gasteiger partial charge in [0.2, 0.25) is 10.0 Å². The van der Waals surface area contributed by atoms with Crippen LogP contribution >= 0.6 is 0 Å². The fourth-order valence-corrected chi connectivity index (χ4v) is 4.65. The van der Waals surface area contributed by atoms with Gasteiger partial charge in [0, 0.05) is 31.9 Å². The van der Waals surface area contributed by atoms with Crippen molar-refractivity contribution in [3.05, 3.63) is 59.7 Å². The van der Waals surface area contributed by atoms with E-state index in [0.29, 0.717) is 31.7 Å². The SMILES string of the molecule is Cc1ccc(C(=O)O)cc1S(=O)(=O)N1CCN(c2ccccc2)CC1. The predicted octanol–water partition coefficient (Wildman–Crippen LogP) is 2.20. The summed E-state index contributed by atoms with van der Waals surface area (Å²) >= 11 is 0. The average molecular weight is 360 g/mol. The summed E-state index contributed by atoms with van der Waals surface area (Å²) in [6, 6.07) is 14.1. The smallest absolute Gasteiger partial charge is 0.335 e. The Hall–Kier alpha value is -2.38. The van der Waals surface area contributed by atoms with Gasteiger partial charge in [-0.3, -0.25) is 0 Å². The molecule has 1 fully saturated rings. The van der Waals surface area contributed by atoms with Crippen LogP contribution in [0.25, 0.3) is 0 Å². The summed E-state index contributed by atoms with van der Waals surface area (Å²) < 4.78 is 27.3. The molecule has 0 saturated carbocycles. The van der Waals surface area contributed by atoms with E-state index in [9.17, 15) is 13.2 Å². The molecular formula is C18H20N2O4S. The first kappa shape index (κ1) is 17.4. The number of carboxylic acid groups (broad SMARTS) is 1. The first-order chi connectivity index (χ1) is 11.9. The fourth-order valence-electron chi connectivity index (χ4n) is 2.98. The molecule has 1 aliphatic heterocycles. The molecule has 2 aromatic rings. The lowest BCUT2D eigenvalue weighted by Gasteiger charge is -2.35. The molecule has 0 amide bonds. The number of rotatable bonds is 4. The highest BCUT2D eigenvalue weighted by atomic mass is 32.2. The highest BCUT2D eigenvalue weighted by Crippen LogP contribution is 2.24. The molecule has 0 radical (unpaired) electrons. The average Bonchev–Trinajstić information content (AvgIpc) is 2.62. The molecule has 0 bridgehead atoms. The van der Waals surface area contributed by atoms with Crippen LogP contribution < -0.4 is 4.90 Å². The first-order valence-electron chi connectivity index (χ1n) is 8.03. The molecule has 0 unspecified atom stereocenters. The fraction of sp³-hybridized carbons (Fsp3) is 0.278. The Bertz CT molecular complexity index is 873. The van der Waals surface area contributed by atoms with Crippen LogP contribution in [0.3, 0.4) is 0 Å². The molecule has 1 saturated heterocycles. The second-order valence-electron chi connectivity index (χ2n) is 6.01. The van der Waals surface area contributed by atoms with Crippen LogP contribution in [0.15, 0.2) is 53.4 Å². The topological polar surface area (TPSA) is 77.9 Å². The van der Waals surface area contributed by atoms with Gasteiger partial charge in [-0.1, -0.05) is 24.3 Å². The van der Waals surface area contributed by atoms with Gasteiger partial charge in [-0.2, -0.15) is 4.31 Å². The summed E-state index contributed by atoms with van der Waals surface area (Å²) in [4.78, 5) is 13.4. The second kappa shape index (κ2) is 6.85. The Labute approximate surface area is 147 Å². The molecule has 25 heavy (non-hydrogen) atoms. The Morgan fingerprint density at radius 1 is 1.00 bits per heavy atom. The summed E-state index contributed by atoms with van der Waals surface area (Å²) in [7, 11) is -3.71. The Morgan fingerprint density at radius 2 is 1.64 bits per heavy atom. The maximum Gasteiger partial charge on any atom is 0.335 e. The van der Waals surface area contributed by atoms with E-state index in [2.05, 4.69) is 4.90 Å². The number of aryl methyl sites for hydroxylation is 1. The van der Waals surface area contributed by atoms with Crippen molar-refractivity contribution in [3.8, 4) is 0 Å². The number of nitrogens with zero attached hydrogens (tertiary/aromatic N) is 2. The minimum absolute atomic E-state index is 0.0212. The quantitative estimate of drug-likeness (QED) is 0.904. The molecular weight excluding hydrogens is 340 g/mol. The van der Waals surface area contributed by atoms with Gasteiger partial charge in [-0.05, 0) is 36.8 Å². The van der Waals surface area contributed by atoms with Crippen LogP contribution in [0.1, 0.15) is 15.9 Å². The van der Waals surface area contributed by atoms with Gasteiger partial charge in [0.1, 0.15) is 0 Å². The van der Waals surface area contributed by atoms with Crippen molar-refractivity contribution in [1.29, 1.82) is 0 Å². The number of carboxylic acids is 1. The molecule has 3 rings (SSSR count). The van der Waals surface area contributed by atoms with Crippen LogP contribution in [-0.2, 0) is 10.0 Å². The molecule has 0 aromatic heterocycles. The zero-order valence-corrected chi connectivity index (χ0v) is 14.7. The third-order valence-corrected chi connectivity index (χ3v) is 6.45. The lowest BCUT2D eigenvalue weighted by Crippen LogP contribution is -2.48. The second-order valence-corrected chi connectivity index (χ2v) is 7.92. The molecule has 0 spiro atoms. The van der Waals surface area contributed by atoms with Gasteiger partial charge in [-0.25, -0.2) is 13.2 Å². The van der Waals surface area contributed by atoms with Crippen molar-refractivity contribution in [2.45, 2.75) is 11.8 Å². The number of aromatic carboxylic acids is 1. The summed E-state index contributed by atoms with van der Waals surface area (Å²) in [5.41, 5.74) is 1.60. The van der Waals surface area contributed by atoms with E-state index in [1.807, 2.05) is 30.3 Å². The minimum Gasteiger partial charge on any atom is -0.478 e. The number of benzene rings is 2. The van der Waals surface area contributed by atoms with Crippen molar-refractivity contribution in [2.75, 3.05) is 31.1 Å². The van der Waals surface area contributed by atoms with Crippen molar-refractivity contribution in [3.63, 3.8) is 0 Å². The van der Waals surface area contributed by atoms with Crippen LogP contribution in [0.2, 0.25) is 0 Å². The maximum atomic E-state index is 12.9. The number of hydrogen-bond donors (Lipinski definition) is 1. The van der Waals surface area contributed by atoms with Crippen molar-refractivity contribution >= 4 is 21.7 Å². The molecule has 0 atom stereocenters. The predicted molar refractivity (Wildman–Crippen MR) is 95.6 cm³/mol. The van der Waals surface area contributed by atoms with E-state index in [1.54, 1.807) is 6.92 Å². The third kappa shape index (κ3) is 3.52. The molecule has 1 aliphatic rings. The lowest BCUT2D eigenvalue weighted by molar-refractivity contribution is 0.0696. The van der Waals surface area contributed by atoms with E-state index in [0.717, 1.165) is 5.69 Å². The van der Waals surface area contributed by atoms with Crippen molar-refractivity contribution in [1.82, 2.24) is 4.31 Å². The number of anilines is 1. The van der Waals surface area contributed by atoms with Gasteiger partial charge in [-0.15, -0.1) is 0 Å². The Balaban J connectivity index is 1.81. The Morgan fingerprint density at radius 3 is 2.24 bits per heavy atom. The van der Waals surface area contributed by atoms with E-state index in [1.165, 1.54) is 22.5 Å². The van der Waals surface area contributed by atoms with Gasteiger partial charge < -0.3 is 10.0 Å². The van der Waals surface area contributed by atoms with Gasteiger partial charge >= 0.3 is 5.97 Å². The summed E-state index contributed by atoms with van der Waals surface area (Å²) in [6.07, 6.45) is 0. The molecule has 0 aliphatic carbocycles. The highest BCUT2D eigenvalue weighted by molar-refractivity contribution is 7.89. The van der Waals surface area contributed by atoms with Crippen molar-refractivity contribution in [2.24, 2.45) is 0 Å². The van der Waals surface area contributed by atoms with E-state index in [-0.39, 0.29) is 10.5 Å². The standard InChI is InChI=1S/C18H20N2O4S/c1-14-7-8-15(18(21)22)13-17(14)25(23,24)20-11-9-19(10-12-20)16-5-3-2-4-6-16/h2-8,13H,9-12H2,1H3,(H,21,22). The molecule has 132 valence electrons. The summed E-state index contributed by atoms with van der Waals surface area (Å²) in [5, 5.41) is 9.12. The monoisotopic (exact) mass is 360 g/mol. The van der Waals surface area contributed by atoms with Crippen LogP contribution in [-0.4, -0.2) is 50.0 Å². The van der Waals surface area contributed by atoms with Gasteiger partial charge in [0.05, 0.1) is 10.5 Å². The van der Waals surface area contributed by atoms with E-state index >= 15 is 0 Å². The number of hydrogen-bond acceptors (Lipinski definition) is 4. The minimum atomic E-state index is -3.71. The molecule has 1 heterocycles. The molecule has 7 heteroatoms. The van der Waals surface area contributed by atoms with E-state index in [4.69, 9.17) is 5.11 Å². The highest BCUT2D eigenvalue weighted by Gasteiger charge is 2.30. The van der Waals surface area contributed by atoms with Crippen LogP contribution in [0.5, 0.6) is 0 Å². The summed E-state index contributed by atoms with van der Waals surface area (Å²) in [6.45, 7) is 3.61. The zero-order chi connectivity index (χ0) is 18.0. The van der Waals surface area contributed by atoms with Crippen molar-refractivity contribution < 1.29 is 18.3 Å². The lowest BCUT2D eigenvalue weighted by atomic mass is 10.1. The van der Waals surface area contributed by atoms with Crippen LogP contribution in [0.4, 0.5) is 5.69 Å². The number of carbonyl (C=O) groups is 1. The maximum absolute atomic E-state index is 12.9. The molecule has 6 nitrogen and oxygen atoms in total. The largest absolute Gasteiger partial charge is 0.478 e. The van der Waals surface area contributed by atoms with Crippen LogP contribution in [0, 0.1) is 6.92 Å². The van der Waals surface area contributed by atoms with E-state index < -0.39 is 16.0 Å². The molecule has 2 aromatic carbocycles. The van der Waals surface area contributed by atoms with Gasteiger partial charge in [0.15, 0.2) is 0 Å². The van der Waals surface area contributed by atoms with Gasteiger partial charge in [0.25, 0.3) is 0 Å². The number of sulfonamides is 1. The third-order valence-electron chi connectivity index (χ3n) is 4.41. The first-order valence-corrected chi connectivity index (χ1v) is 9.48. The zero-order valence-electron chi connectivity index (χ0n) is 13.9. The normalized spacial score (nSPS) is 16.0.